The molecule has 0 fully saturated rings. The number of fused-ring (bicyclic) bond motifs is 2. The molecule has 0 saturated carbocycles. The van der Waals surface area contributed by atoms with Gasteiger partial charge in [-0.15, -0.1) is 0 Å². The number of carboxylic acid groups (broad SMARTS) is 1. The van der Waals surface area contributed by atoms with Crippen LogP contribution >= 0.6 is 21.6 Å². The second kappa shape index (κ2) is 10.7. The van der Waals surface area contributed by atoms with Gasteiger partial charge in [0.25, 0.3) is 0 Å². The van der Waals surface area contributed by atoms with Gasteiger partial charge >= 0.3 is 11.9 Å². The Labute approximate surface area is 241 Å². The van der Waals surface area contributed by atoms with E-state index in [4.69, 9.17) is 15.5 Å². The molecule has 2 aromatic heterocycles. The van der Waals surface area contributed by atoms with Crippen molar-refractivity contribution in [3.63, 3.8) is 0 Å². The van der Waals surface area contributed by atoms with E-state index in [9.17, 15) is 19.5 Å². The molecule has 1 unspecified atom stereocenters. The van der Waals surface area contributed by atoms with Crippen molar-refractivity contribution >= 4 is 50.3 Å². The highest BCUT2D eigenvalue weighted by molar-refractivity contribution is 8.77. The summed E-state index contributed by atoms with van der Waals surface area (Å²) in [5, 5.41) is 9.25. The first kappa shape index (κ1) is 30.8. The number of nitrogens with zero attached hydrogens (tertiary/aromatic N) is 2. The minimum atomic E-state index is -1.26. The van der Waals surface area contributed by atoms with Crippen LogP contribution in [0.3, 0.4) is 0 Å². The third-order valence-electron chi connectivity index (χ3n) is 7.46. The van der Waals surface area contributed by atoms with Crippen LogP contribution in [-0.4, -0.2) is 44.6 Å². The third-order valence-corrected chi connectivity index (χ3v) is 10.5. The second-order valence-electron chi connectivity index (χ2n) is 10.9. The van der Waals surface area contributed by atoms with Crippen molar-refractivity contribution in [2.45, 2.75) is 69.3 Å². The van der Waals surface area contributed by atoms with Gasteiger partial charge in [-0.05, 0) is 64.8 Å². The van der Waals surface area contributed by atoms with Crippen LogP contribution in [0.2, 0.25) is 0 Å². The molecule has 0 spiro atoms. The number of imidazole rings is 1. The molecule has 4 rings (SSSR count). The molecule has 1 aliphatic carbocycles. The number of aromatic nitrogens is 3. The Balaban J connectivity index is 0.00000420. The molecule has 210 valence electrons. The number of halogens is 1. The zero-order chi connectivity index (χ0) is 28.2. The lowest BCUT2D eigenvalue weighted by molar-refractivity contribution is -0.610. The van der Waals surface area contributed by atoms with E-state index in [0.717, 1.165) is 44.2 Å². The predicted octanol–water partition coefficient (Wildman–Crippen LogP) is 0.899. The molecule has 1 aliphatic rings. The van der Waals surface area contributed by atoms with Gasteiger partial charge in [0.15, 0.2) is 11.3 Å². The highest BCUT2D eigenvalue weighted by atomic mass is 35.5. The number of nitrogens with two attached hydrogens (primary N) is 1. The molecule has 0 saturated heterocycles. The van der Waals surface area contributed by atoms with Crippen LogP contribution in [0.15, 0.2) is 24.4 Å². The van der Waals surface area contributed by atoms with E-state index >= 15 is 0 Å². The standard InChI is InChI=1S/C27H32N4O5S2.ClH/c1-14-19(13-37-38-27(6,23(28)35)12-21(32)33)31(9-8-20(14)36-7)24-29-17-10-15-16(11-18(17)30-24)26(4,5)22(34)25(15,2)3;/h8-11H,12-13H2,1-7H3,(H3-,28,29,30,32,33,35);1H. The first-order chi connectivity index (χ1) is 17.6. The molecular formula is C27H33ClN4O5S2. The number of aliphatic carboxylic acids is 1. The smallest absolute Gasteiger partial charge is 0.402 e. The molecule has 2 heterocycles. The third kappa shape index (κ3) is 5.24. The molecule has 0 bridgehead atoms. The van der Waals surface area contributed by atoms with Crippen LogP contribution in [0.1, 0.15) is 63.4 Å². The highest BCUT2D eigenvalue weighted by Crippen LogP contribution is 2.47. The number of Topliss-reactive ketones (excluding diaryl/α,β-unsaturated/α-hetero) is 1. The molecule has 39 heavy (non-hydrogen) atoms. The lowest BCUT2D eigenvalue weighted by atomic mass is 9.80. The van der Waals surface area contributed by atoms with Gasteiger partial charge in [0.2, 0.25) is 5.91 Å². The van der Waals surface area contributed by atoms with Crippen LogP contribution in [0.5, 0.6) is 5.75 Å². The minimum absolute atomic E-state index is 0. The van der Waals surface area contributed by atoms with Crippen LogP contribution in [0.25, 0.3) is 17.0 Å². The fourth-order valence-corrected chi connectivity index (χ4v) is 7.92. The topological polar surface area (TPSA) is 139 Å². The summed E-state index contributed by atoms with van der Waals surface area (Å²) in [6, 6.07) is 5.88. The molecule has 0 radical (unpaired) electrons. The Morgan fingerprint density at radius 1 is 1.21 bits per heavy atom. The number of ketones is 1. The maximum absolute atomic E-state index is 13.1. The number of primary amides is 1. The number of methoxy groups -OCH3 is 1. The minimum Gasteiger partial charge on any atom is -1.00 e. The summed E-state index contributed by atoms with van der Waals surface area (Å²) in [4.78, 5) is 44.7. The highest BCUT2D eigenvalue weighted by Gasteiger charge is 2.51. The number of hydrogen-bond acceptors (Lipinski definition) is 7. The van der Waals surface area contributed by atoms with Crippen molar-refractivity contribution in [1.82, 2.24) is 9.97 Å². The molecule has 1 atom stereocenters. The number of rotatable bonds is 9. The van der Waals surface area contributed by atoms with Gasteiger partial charge < -0.3 is 28.0 Å². The normalized spacial score (nSPS) is 16.8. The molecule has 9 nitrogen and oxygen atoms in total. The van der Waals surface area contributed by atoms with E-state index in [2.05, 4.69) is 4.98 Å². The van der Waals surface area contributed by atoms with Crippen molar-refractivity contribution in [1.29, 1.82) is 0 Å². The Hall–Kier alpha value is -2.76. The van der Waals surface area contributed by atoms with Gasteiger partial charge in [-0.25, -0.2) is 9.55 Å². The largest absolute Gasteiger partial charge is 1.00 e. The summed E-state index contributed by atoms with van der Waals surface area (Å²) in [5.74, 6) is 0.146. The molecule has 0 aliphatic heterocycles. The fraction of sp³-hybridized carbons (Fsp3) is 0.444. The second-order valence-corrected chi connectivity index (χ2v) is 13.7. The van der Waals surface area contributed by atoms with Crippen molar-refractivity contribution < 1.29 is 41.2 Å². The zero-order valence-corrected chi connectivity index (χ0v) is 25.4. The monoisotopic (exact) mass is 592 g/mol. The average molecular weight is 593 g/mol. The number of carbonyl (C=O) groups is 3. The number of hydrogen-bond donors (Lipinski definition) is 3. The van der Waals surface area contributed by atoms with E-state index in [0.29, 0.717) is 17.5 Å². The van der Waals surface area contributed by atoms with Gasteiger partial charge in [0, 0.05) is 22.5 Å². The van der Waals surface area contributed by atoms with Crippen LogP contribution in [-0.2, 0) is 31.0 Å². The maximum Gasteiger partial charge on any atom is 0.402 e. The molecular weight excluding hydrogens is 560 g/mol. The number of carboxylic acids is 1. The summed E-state index contributed by atoms with van der Waals surface area (Å²) in [5.41, 5.74) is 9.67. The first-order valence-corrected chi connectivity index (χ1v) is 14.5. The fourth-order valence-electron chi connectivity index (χ4n) is 5.16. The van der Waals surface area contributed by atoms with Gasteiger partial charge in [-0.1, -0.05) is 26.6 Å². The zero-order valence-electron chi connectivity index (χ0n) is 23.0. The lowest BCUT2D eigenvalue weighted by Crippen LogP contribution is -3.00. The summed E-state index contributed by atoms with van der Waals surface area (Å²) in [7, 11) is 4.09. The SMILES string of the molecule is COc1cc[n+](-c2nc3cc4c(cc3[nH]2)C(C)(C)C(=O)C4(C)C)c(CSSC(C)(CC(=O)O)C(N)=O)c1C.[Cl-]. The number of amides is 1. The van der Waals surface area contributed by atoms with Gasteiger partial charge in [0.1, 0.15) is 21.7 Å². The number of benzene rings is 1. The quantitative estimate of drug-likeness (QED) is 0.246. The number of pyridine rings is 1. The van der Waals surface area contributed by atoms with Gasteiger partial charge in [0.05, 0.1) is 25.5 Å². The summed E-state index contributed by atoms with van der Waals surface area (Å²) in [6.07, 6.45) is 1.49. The van der Waals surface area contributed by atoms with Gasteiger partial charge in [-0.2, -0.15) is 0 Å². The van der Waals surface area contributed by atoms with E-state index < -0.39 is 27.5 Å². The van der Waals surface area contributed by atoms with Crippen molar-refractivity contribution in [2.24, 2.45) is 5.73 Å². The number of nitrogens with one attached hydrogen (secondary N) is 1. The Morgan fingerprint density at radius 3 is 2.38 bits per heavy atom. The number of H-pyrrole nitrogens is 1. The molecule has 4 N–H and O–H groups in total. The molecule has 1 aromatic carbocycles. The number of aromatic amines is 1. The van der Waals surface area contributed by atoms with Crippen molar-refractivity contribution in [2.75, 3.05) is 7.11 Å². The molecule has 12 heteroatoms. The van der Waals surface area contributed by atoms with E-state index in [1.54, 1.807) is 14.0 Å². The Bertz CT molecular complexity index is 1430. The van der Waals surface area contributed by atoms with E-state index in [1.165, 1.54) is 10.8 Å². The summed E-state index contributed by atoms with van der Waals surface area (Å²) < 4.78 is 6.21. The van der Waals surface area contributed by atoms with Crippen LogP contribution in [0.4, 0.5) is 0 Å². The van der Waals surface area contributed by atoms with Crippen LogP contribution < -0.4 is 27.4 Å². The van der Waals surface area contributed by atoms with Crippen LogP contribution in [0, 0.1) is 6.92 Å². The summed E-state index contributed by atoms with van der Waals surface area (Å²) in [6.45, 7) is 11.3. The molecule has 3 aromatic rings. The van der Waals surface area contributed by atoms with Crippen molar-refractivity contribution in [3.8, 4) is 11.7 Å². The molecule has 1 amide bonds. The Kier molecular flexibility index (Phi) is 8.42. The summed E-state index contributed by atoms with van der Waals surface area (Å²) >= 11 is 0. The van der Waals surface area contributed by atoms with Crippen molar-refractivity contribution in [3.05, 3.63) is 46.8 Å². The first-order valence-electron chi connectivity index (χ1n) is 12.1. The maximum atomic E-state index is 13.1. The lowest BCUT2D eigenvalue weighted by Gasteiger charge is -2.22. The van der Waals surface area contributed by atoms with Gasteiger partial charge in [-0.3, -0.25) is 14.4 Å². The number of carbonyl (C=O) groups excluding carboxylic acids is 2. The Morgan fingerprint density at radius 2 is 1.82 bits per heavy atom. The average Bonchev–Trinajstić information content (AvgIpc) is 3.30. The van der Waals surface area contributed by atoms with E-state index in [-0.39, 0.29) is 24.6 Å². The van der Waals surface area contributed by atoms with E-state index in [1.807, 2.05) is 63.6 Å². The predicted molar refractivity (Wildman–Crippen MR) is 149 cm³/mol. The number of ether oxygens (including phenoxy) is 1.